The van der Waals surface area contributed by atoms with Gasteiger partial charge in [-0.05, 0) is 29.5 Å². The quantitative estimate of drug-likeness (QED) is 0.823. The summed E-state index contributed by atoms with van der Waals surface area (Å²) in [4.78, 5) is 15.7. The third kappa shape index (κ3) is 1.80. The van der Waals surface area contributed by atoms with E-state index in [-0.39, 0.29) is 5.88 Å². The van der Waals surface area contributed by atoms with Gasteiger partial charge in [0.15, 0.2) is 0 Å². The van der Waals surface area contributed by atoms with Crippen molar-refractivity contribution in [1.29, 1.82) is 0 Å². The maximum Gasteiger partial charge on any atom is 0.364 e. The summed E-state index contributed by atoms with van der Waals surface area (Å²) < 4.78 is 4.72. The molecule has 2 heterocycles. The fourth-order valence-electron chi connectivity index (χ4n) is 1.86. The van der Waals surface area contributed by atoms with Gasteiger partial charge in [-0.3, -0.25) is 4.99 Å². The molecule has 0 fully saturated rings. The van der Waals surface area contributed by atoms with E-state index in [1.807, 2.05) is 24.3 Å². The van der Waals surface area contributed by atoms with Crippen LogP contribution in [0.1, 0.15) is 16.8 Å². The molecular weight excluding hydrogens is 252 g/mol. The van der Waals surface area contributed by atoms with Crippen LogP contribution in [0, 0.1) is 0 Å². The maximum atomic E-state index is 11.5. The second-order valence-corrected chi connectivity index (χ2v) is 4.19. The van der Waals surface area contributed by atoms with Crippen LogP contribution in [0.3, 0.4) is 0 Å². The summed E-state index contributed by atoms with van der Waals surface area (Å²) in [5.41, 5.74) is 1.67. The van der Waals surface area contributed by atoms with Crippen molar-refractivity contribution in [2.75, 3.05) is 0 Å². The van der Waals surface area contributed by atoms with E-state index >= 15 is 0 Å². The number of nitrogens with zero attached hydrogens (tertiary/aromatic N) is 1. The van der Waals surface area contributed by atoms with Crippen LogP contribution in [-0.2, 0) is 5.88 Å². The van der Waals surface area contributed by atoms with Crippen LogP contribution in [0.15, 0.2) is 38.7 Å². The maximum absolute atomic E-state index is 11.5. The summed E-state index contributed by atoms with van der Waals surface area (Å²) in [7, 11) is 0. The molecule has 0 saturated heterocycles. The summed E-state index contributed by atoms with van der Waals surface area (Å²) in [5.74, 6) is 0.206. The summed E-state index contributed by atoms with van der Waals surface area (Å²) in [6.45, 7) is 0. The molecule has 3 rings (SSSR count). The molecule has 5 heteroatoms. The second kappa shape index (κ2) is 4.31. The molecular formula is C13H9ClN2O2. The number of aromatic amines is 1. The summed E-state index contributed by atoms with van der Waals surface area (Å²) >= 11 is 5.73. The lowest BCUT2D eigenvalue weighted by atomic mass is 10.1. The van der Waals surface area contributed by atoms with Crippen LogP contribution in [0.25, 0.3) is 12.2 Å². The van der Waals surface area contributed by atoms with E-state index < -0.39 is 5.63 Å². The van der Waals surface area contributed by atoms with Gasteiger partial charge < -0.3 is 4.52 Å². The van der Waals surface area contributed by atoms with E-state index in [1.54, 1.807) is 12.3 Å². The Morgan fingerprint density at radius 3 is 3.17 bits per heavy atom. The van der Waals surface area contributed by atoms with Gasteiger partial charge in [0.1, 0.15) is 0 Å². The third-order valence-corrected chi connectivity index (χ3v) is 3.04. The average Bonchev–Trinajstić information content (AvgIpc) is 2.97. The molecule has 1 aliphatic rings. The van der Waals surface area contributed by atoms with Crippen LogP contribution in [0.2, 0.25) is 0 Å². The van der Waals surface area contributed by atoms with Gasteiger partial charge in [-0.2, -0.15) is 0 Å². The van der Waals surface area contributed by atoms with Crippen molar-refractivity contribution in [1.82, 2.24) is 5.16 Å². The molecule has 4 nitrogen and oxygen atoms in total. The van der Waals surface area contributed by atoms with Crippen LogP contribution in [0.5, 0.6) is 0 Å². The third-order valence-electron chi connectivity index (χ3n) is 2.78. The second-order valence-electron chi connectivity index (χ2n) is 3.92. The van der Waals surface area contributed by atoms with Gasteiger partial charge in [0, 0.05) is 11.8 Å². The summed E-state index contributed by atoms with van der Waals surface area (Å²) in [5, 5.41) is 4.36. The number of alkyl halides is 1. The predicted molar refractivity (Wildman–Crippen MR) is 68.7 cm³/mol. The first-order valence-corrected chi connectivity index (χ1v) is 5.94. The van der Waals surface area contributed by atoms with Crippen molar-refractivity contribution >= 4 is 23.8 Å². The number of H-pyrrole nitrogens is 1. The Labute approximate surface area is 107 Å². The van der Waals surface area contributed by atoms with Crippen LogP contribution in [-0.4, -0.2) is 5.16 Å². The molecule has 0 atom stereocenters. The Balaban J connectivity index is 2.18. The number of aromatic nitrogens is 1. The van der Waals surface area contributed by atoms with Gasteiger partial charge in [-0.15, -0.1) is 11.6 Å². The number of hydrogen-bond acceptors (Lipinski definition) is 3. The SMILES string of the molecule is O=c1o[nH]c(CCl)c1/C=c1\ccc2c(c1)C=CN=2. The van der Waals surface area contributed by atoms with E-state index in [0.717, 1.165) is 16.1 Å². The highest BCUT2D eigenvalue weighted by molar-refractivity contribution is 6.17. The van der Waals surface area contributed by atoms with Gasteiger partial charge >= 0.3 is 5.63 Å². The van der Waals surface area contributed by atoms with Gasteiger partial charge in [-0.1, -0.05) is 6.07 Å². The van der Waals surface area contributed by atoms with Gasteiger partial charge in [0.05, 0.1) is 22.5 Å². The van der Waals surface area contributed by atoms with Crippen molar-refractivity contribution in [3.05, 3.63) is 62.2 Å². The molecule has 0 unspecified atom stereocenters. The highest BCUT2D eigenvalue weighted by atomic mass is 35.5. The molecule has 0 spiro atoms. The summed E-state index contributed by atoms with van der Waals surface area (Å²) in [6.07, 6.45) is 5.44. The Morgan fingerprint density at radius 2 is 2.33 bits per heavy atom. The minimum atomic E-state index is -0.411. The Hall–Kier alpha value is -2.07. The van der Waals surface area contributed by atoms with E-state index in [0.29, 0.717) is 11.3 Å². The fourth-order valence-corrected chi connectivity index (χ4v) is 2.06. The smallest absolute Gasteiger partial charge is 0.338 e. The predicted octanol–water partition coefficient (Wildman–Crippen LogP) is 1.14. The molecule has 2 aromatic rings. The molecule has 0 amide bonds. The minimum Gasteiger partial charge on any atom is -0.338 e. The Kier molecular flexibility index (Phi) is 2.64. The first-order valence-electron chi connectivity index (χ1n) is 5.40. The van der Waals surface area contributed by atoms with E-state index in [4.69, 9.17) is 16.1 Å². The molecule has 0 saturated carbocycles. The number of benzene rings is 1. The molecule has 1 aliphatic heterocycles. The van der Waals surface area contributed by atoms with Gasteiger partial charge in [0.25, 0.3) is 0 Å². The normalized spacial score (nSPS) is 13.7. The largest absolute Gasteiger partial charge is 0.364 e. The van der Waals surface area contributed by atoms with Crippen LogP contribution in [0.4, 0.5) is 0 Å². The number of fused-ring (bicyclic) bond motifs is 1. The van der Waals surface area contributed by atoms with Gasteiger partial charge in [-0.25, -0.2) is 9.95 Å². The molecule has 0 radical (unpaired) electrons. The highest BCUT2D eigenvalue weighted by Crippen LogP contribution is 2.05. The Bertz CT molecular complexity index is 799. The van der Waals surface area contributed by atoms with E-state index in [1.165, 1.54) is 0 Å². The number of nitrogens with one attached hydrogen (secondary N) is 1. The van der Waals surface area contributed by atoms with E-state index in [9.17, 15) is 4.79 Å². The zero-order valence-corrected chi connectivity index (χ0v) is 10.1. The number of hydrogen-bond donors (Lipinski definition) is 1. The first kappa shape index (κ1) is 11.0. The molecule has 18 heavy (non-hydrogen) atoms. The zero-order chi connectivity index (χ0) is 12.5. The average molecular weight is 261 g/mol. The topological polar surface area (TPSA) is 58.4 Å². The van der Waals surface area contributed by atoms with Crippen molar-refractivity contribution in [3.63, 3.8) is 0 Å². The lowest BCUT2D eigenvalue weighted by Crippen LogP contribution is -2.12. The van der Waals surface area contributed by atoms with Crippen molar-refractivity contribution < 1.29 is 4.52 Å². The van der Waals surface area contributed by atoms with Gasteiger partial charge in [0.2, 0.25) is 0 Å². The number of halogens is 1. The lowest BCUT2D eigenvalue weighted by Gasteiger charge is -1.92. The molecule has 0 aliphatic carbocycles. The lowest BCUT2D eigenvalue weighted by molar-refractivity contribution is 0.386. The van der Waals surface area contributed by atoms with Crippen molar-refractivity contribution in [2.24, 2.45) is 4.99 Å². The number of rotatable bonds is 2. The molecule has 1 aromatic carbocycles. The van der Waals surface area contributed by atoms with Crippen LogP contribution >= 0.6 is 11.6 Å². The standard InChI is InChI=1S/C13H9ClN2O2/c14-7-12-10(13(17)18-16-12)6-8-1-2-11-9(5-8)3-4-15-11/h1-6,16H,7H2/b8-6+. The molecule has 0 bridgehead atoms. The van der Waals surface area contributed by atoms with Crippen molar-refractivity contribution in [3.8, 4) is 0 Å². The molecule has 1 aromatic heterocycles. The fraction of sp³-hybridized carbons (Fsp3) is 0.0769. The summed E-state index contributed by atoms with van der Waals surface area (Å²) in [6, 6.07) is 5.78. The minimum absolute atomic E-state index is 0.206. The van der Waals surface area contributed by atoms with Crippen molar-refractivity contribution in [2.45, 2.75) is 5.88 Å². The van der Waals surface area contributed by atoms with E-state index in [2.05, 4.69) is 10.1 Å². The Morgan fingerprint density at radius 1 is 1.44 bits per heavy atom. The zero-order valence-electron chi connectivity index (χ0n) is 9.31. The monoisotopic (exact) mass is 260 g/mol. The van der Waals surface area contributed by atoms with Crippen LogP contribution < -0.4 is 16.2 Å². The highest BCUT2D eigenvalue weighted by Gasteiger charge is 2.08. The first-order chi connectivity index (χ1) is 8.78. The molecule has 1 N–H and O–H groups in total. The molecule has 90 valence electrons.